The van der Waals surface area contributed by atoms with Crippen molar-refractivity contribution in [2.24, 2.45) is 0 Å². The van der Waals surface area contributed by atoms with Crippen LogP contribution in [-0.2, 0) is 6.54 Å². The van der Waals surface area contributed by atoms with E-state index in [2.05, 4.69) is 33.2 Å². The molecule has 0 spiro atoms. The van der Waals surface area contributed by atoms with Crippen molar-refractivity contribution in [1.82, 2.24) is 4.98 Å². The first kappa shape index (κ1) is 15.1. The van der Waals surface area contributed by atoms with Crippen LogP contribution in [0.5, 0.6) is 5.75 Å². The average Bonchev–Trinajstić information content (AvgIpc) is 2.46. The van der Waals surface area contributed by atoms with Gasteiger partial charge in [0.2, 0.25) is 0 Å². The molecular weight excluding hydrogens is 340 g/mol. The molecule has 1 N–H and O–H groups in total. The third-order valence-corrected chi connectivity index (χ3v) is 3.39. The Labute approximate surface area is 132 Å². The van der Waals surface area contributed by atoms with Crippen molar-refractivity contribution in [1.29, 1.82) is 0 Å². The molecule has 0 bridgehead atoms. The van der Waals surface area contributed by atoms with E-state index in [1.54, 1.807) is 6.20 Å². The number of hydrogen-bond donors (Lipinski definition) is 1. The minimum absolute atomic E-state index is 0.464. The molecule has 0 aliphatic carbocycles. The van der Waals surface area contributed by atoms with E-state index in [1.807, 2.05) is 30.3 Å². The molecule has 0 amide bonds. The number of ether oxygens (including phenoxy) is 1. The van der Waals surface area contributed by atoms with E-state index in [1.165, 1.54) is 0 Å². The Hall–Kier alpha value is -1.26. The fourth-order valence-corrected chi connectivity index (χ4v) is 2.21. The molecule has 0 unspecified atom stereocenters. The standard InChI is InChI=1S/C15H16BrClN2O/c1-2-6-20-13-5-3-4-11(7-13)9-18-14-8-12(16)10-19-15(14)17/h3-5,7-8,10,18H,2,6,9H2,1H3. The number of benzene rings is 1. The molecule has 0 saturated carbocycles. The fraction of sp³-hybridized carbons (Fsp3) is 0.267. The highest BCUT2D eigenvalue weighted by molar-refractivity contribution is 9.10. The zero-order valence-corrected chi connectivity index (χ0v) is 13.5. The topological polar surface area (TPSA) is 34.1 Å². The number of pyridine rings is 1. The van der Waals surface area contributed by atoms with Crippen LogP contribution in [0.3, 0.4) is 0 Å². The summed E-state index contributed by atoms with van der Waals surface area (Å²) in [5, 5.41) is 3.74. The van der Waals surface area contributed by atoms with Gasteiger partial charge in [0.05, 0.1) is 12.3 Å². The maximum Gasteiger partial charge on any atom is 0.152 e. The van der Waals surface area contributed by atoms with Gasteiger partial charge in [0.1, 0.15) is 5.75 Å². The zero-order chi connectivity index (χ0) is 14.4. The van der Waals surface area contributed by atoms with Gasteiger partial charge in [0.25, 0.3) is 0 Å². The van der Waals surface area contributed by atoms with Crippen LogP contribution in [0.25, 0.3) is 0 Å². The van der Waals surface area contributed by atoms with Crippen LogP contribution in [0.15, 0.2) is 41.0 Å². The van der Waals surface area contributed by atoms with Gasteiger partial charge >= 0.3 is 0 Å². The van der Waals surface area contributed by atoms with Gasteiger partial charge < -0.3 is 10.1 Å². The van der Waals surface area contributed by atoms with Crippen LogP contribution in [0.1, 0.15) is 18.9 Å². The quantitative estimate of drug-likeness (QED) is 0.748. The van der Waals surface area contributed by atoms with Crippen LogP contribution >= 0.6 is 27.5 Å². The predicted octanol–water partition coefficient (Wildman–Crippen LogP) is 4.90. The summed E-state index contributed by atoms with van der Waals surface area (Å²) in [5.41, 5.74) is 1.94. The second-order valence-corrected chi connectivity index (χ2v) is 5.62. The zero-order valence-electron chi connectivity index (χ0n) is 11.2. The van der Waals surface area contributed by atoms with Gasteiger partial charge in [-0.05, 0) is 46.1 Å². The largest absolute Gasteiger partial charge is 0.494 e. The number of hydrogen-bond acceptors (Lipinski definition) is 3. The third-order valence-electron chi connectivity index (χ3n) is 2.66. The molecule has 0 radical (unpaired) electrons. The molecule has 1 aromatic heterocycles. The lowest BCUT2D eigenvalue weighted by atomic mass is 10.2. The Bertz CT molecular complexity index is 578. The second-order valence-electron chi connectivity index (χ2n) is 4.34. The minimum Gasteiger partial charge on any atom is -0.494 e. The predicted molar refractivity (Wildman–Crippen MR) is 86.5 cm³/mol. The van der Waals surface area contributed by atoms with Gasteiger partial charge in [0.15, 0.2) is 5.15 Å². The van der Waals surface area contributed by atoms with Gasteiger partial charge in [-0.1, -0.05) is 30.7 Å². The lowest BCUT2D eigenvalue weighted by molar-refractivity contribution is 0.317. The van der Waals surface area contributed by atoms with Crippen molar-refractivity contribution < 1.29 is 4.74 Å². The van der Waals surface area contributed by atoms with Gasteiger partial charge in [-0.3, -0.25) is 0 Å². The SMILES string of the molecule is CCCOc1cccc(CNc2cc(Br)cnc2Cl)c1. The second kappa shape index (κ2) is 7.50. The Morgan fingerprint density at radius 1 is 1.35 bits per heavy atom. The highest BCUT2D eigenvalue weighted by Crippen LogP contribution is 2.24. The van der Waals surface area contributed by atoms with Crippen LogP contribution in [0.4, 0.5) is 5.69 Å². The van der Waals surface area contributed by atoms with Crippen molar-refractivity contribution in [2.45, 2.75) is 19.9 Å². The number of nitrogens with one attached hydrogen (secondary N) is 1. The first-order valence-electron chi connectivity index (χ1n) is 6.45. The molecule has 1 aromatic carbocycles. The Morgan fingerprint density at radius 2 is 2.20 bits per heavy atom. The van der Waals surface area contributed by atoms with Gasteiger partial charge in [-0.15, -0.1) is 0 Å². The smallest absolute Gasteiger partial charge is 0.152 e. The molecule has 1 heterocycles. The van der Waals surface area contributed by atoms with E-state index in [0.717, 1.165) is 34.5 Å². The maximum atomic E-state index is 6.04. The third kappa shape index (κ3) is 4.39. The van der Waals surface area contributed by atoms with Crippen molar-refractivity contribution in [3.05, 3.63) is 51.7 Å². The van der Waals surface area contributed by atoms with Crippen molar-refractivity contribution >= 4 is 33.2 Å². The highest BCUT2D eigenvalue weighted by atomic mass is 79.9. The molecule has 0 aliphatic rings. The number of anilines is 1. The molecule has 20 heavy (non-hydrogen) atoms. The molecule has 5 heteroatoms. The first-order valence-corrected chi connectivity index (χ1v) is 7.63. The lowest BCUT2D eigenvalue weighted by Gasteiger charge is -2.10. The van der Waals surface area contributed by atoms with Crippen LogP contribution in [0.2, 0.25) is 5.15 Å². The van der Waals surface area contributed by atoms with E-state index in [9.17, 15) is 0 Å². The average molecular weight is 356 g/mol. The van der Waals surface area contributed by atoms with Gasteiger partial charge in [0, 0.05) is 17.2 Å². The summed E-state index contributed by atoms with van der Waals surface area (Å²) < 4.78 is 6.51. The van der Waals surface area contributed by atoms with Crippen LogP contribution in [-0.4, -0.2) is 11.6 Å². The monoisotopic (exact) mass is 354 g/mol. The molecule has 106 valence electrons. The molecule has 0 saturated heterocycles. The molecule has 0 fully saturated rings. The van der Waals surface area contributed by atoms with E-state index in [-0.39, 0.29) is 0 Å². The van der Waals surface area contributed by atoms with Crippen molar-refractivity contribution in [3.63, 3.8) is 0 Å². The van der Waals surface area contributed by atoms with Crippen molar-refractivity contribution in [3.8, 4) is 5.75 Å². The summed E-state index contributed by atoms with van der Waals surface area (Å²) in [4.78, 5) is 4.08. The molecule has 0 aliphatic heterocycles. The number of rotatable bonds is 6. The number of halogens is 2. The summed E-state index contributed by atoms with van der Waals surface area (Å²) in [7, 11) is 0. The number of aromatic nitrogens is 1. The molecule has 3 nitrogen and oxygen atoms in total. The fourth-order valence-electron chi connectivity index (χ4n) is 1.71. The summed E-state index contributed by atoms with van der Waals surface area (Å²) >= 11 is 9.42. The summed E-state index contributed by atoms with van der Waals surface area (Å²) in [5.74, 6) is 0.893. The van der Waals surface area contributed by atoms with Crippen LogP contribution in [0, 0.1) is 0 Å². The normalized spacial score (nSPS) is 10.3. The Kier molecular flexibility index (Phi) is 5.68. The molecule has 2 rings (SSSR count). The van der Waals surface area contributed by atoms with Crippen LogP contribution < -0.4 is 10.1 Å². The minimum atomic E-state index is 0.464. The first-order chi connectivity index (χ1) is 9.69. The summed E-state index contributed by atoms with van der Waals surface area (Å²) in [6, 6.07) is 9.94. The summed E-state index contributed by atoms with van der Waals surface area (Å²) in [6.07, 6.45) is 2.68. The Balaban J connectivity index is 2.01. The van der Waals surface area contributed by atoms with E-state index in [4.69, 9.17) is 16.3 Å². The lowest BCUT2D eigenvalue weighted by Crippen LogP contribution is -2.02. The van der Waals surface area contributed by atoms with Gasteiger partial charge in [-0.2, -0.15) is 0 Å². The van der Waals surface area contributed by atoms with Crippen molar-refractivity contribution in [2.75, 3.05) is 11.9 Å². The summed E-state index contributed by atoms with van der Waals surface area (Å²) in [6.45, 7) is 3.49. The molecule has 0 atom stereocenters. The van der Waals surface area contributed by atoms with E-state index < -0.39 is 0 Å². The van der Waals surface area contributed by atoms with E-state index in [0.29, 0.717) is 11.7 Å². The molecule has 2 aromatic rings. The number of nitrogens with zero attached hydrogens (tertiary/aromatic N) is 1. The van der Waals surface area contributed by atoms with Gasteiger partial charge in [-0.25, -0.2) is 4.98 Å². The Morgan fingerprint density at radius 3 is 3.00 bits per heavy atom. The molecular formula is C15H16BrClN2O. The highest BCUT2D eigenvalue weighted by Gasteiger charge is 2.03. The van der Waals surface area contributed by atoms with E-state index >= 15 is 0 Å². The maximum absolute atomic E-state index is 6.04.